The topological polar surface area (TPSA) is 58.2 Å². The third kappa shape index (κ3) is 22.4. The fraction of sp³-hybridized carbons (Fsp3) is 0.800. The second-order valence-electron chi connectivity index (χ2n) is 3.00. The molecule has 0 aliphatic rings. The van der Waals surface area contributed by atoms with E-state index in [4.69, 9.17) is 0 Å². The lowest BCUT2D eigenvalue weighted by Crippen LogP contribution is -2.34. The van der Waals surface area contributed by atoms with Gasteiger partial charge >= 0.3 is 0 Å². The van der Waals surface area contributed by atoms with Gasteiger partial charge in [-0.05, 0) is 0 Å². The van der Waals surface area contributed by atoms with E-state index >= 15 is 0 Å². The lowest BCUT2D eigenvalue weighted by Gasteiger charge is -2.00. The number of unbranched alkanes of at least 4 members (excludes halogenated alkanes) is 2. The highest BCUT2D eigenvalue weighted by Crippen LogP contribution is 1.88. The third-order valence-corrected chi connectivity index (χ3v) is 1.38. The summed E-state index contributed by atoms with van der Waals surface area (Å²) in [5, 5.41) is 4.81. The highest BCUT2D eigenvalue weighted by Gasteiger charge is 1.89. The van der Waals surface area contributed by atoms with Crippen LogP contribution in [0.15, 0.2) is 0 Å². The summed E-state index contributed by atoms with van der Waals surface area (Å²) in [5.74, 6) is -0.299. The van der Waals surface area contributed by atoms with E-state index in [-0.39, 0.29) is 18.5 Å². The summed E-state index contributed by atoms with van der Waals surface area (Å²) in [4.78, 5) is 20.3. The summed E-state index contributed by atoms with van der Waals surface area (Å²) in [6.07, 6.45) is 4.08. The zero-order valence-corrected chi connectivity index (χ0v) is 9.64. The second kappa shape index (κ2) is 11.9. The van der Waals surface area contributed by atoms with Crippen LogP contribution >= 0.6 is 0 Å². The lowest BCUT2D eigenvalue weighted by molar-refractivity contribution is -0.120. The van der Waals surface area contributed by atoms with Crippen LogP contribution in [0.3, 0.4) is 0 Å². The molecule has 0 rings (SSSR count). The number of carbonyl (C=O) groups is 2. The zero-order chi connectivity index (χ0) is 11.4. The van der Waals surface area contributed by atoms with Crippen LogP contribution in [-0.2, 0) is 9.59 Å². The molecule has 0 heterocycles. The summed E-state index contributed by atoms with van der Waals surface area (Å²) in [7, 11) is 0. The highest BCUT2D eigenvalue weighted by molar-refractivity contribution is 5.75. The molecule has 0 spiro atoms. The average Bonchev–Trinajstić information content (AvgIpc) is 2.05. The molecule has 4 heteroatoms. The molecule has 0 fully saturated rings. The molecule has 0 saturated carbocycles. The molecule has 4 nitrogen and oxygen atoms in total. The summed E-state index contributed by atoms with van der Waals surface area (Å²) >= 11 is 0. The first kappa shape index (κ1) is 15.4. The quantitative estimate of drug-likeness (QED) is 0.677. The van der Waals surface area contributed by atoms with Crippen LogP contribution in [0.1, 0.15) is 47.0 Å². The van der Waals surface area contributed by atoms with Crippen LogP contribution in [-0.4, -0.2) is 18.5 Å². The Labute approximate surface area is 86.5 Å². The third-order valence-electron chi connectivity index (χ3n) is 1.38. The van der Waals surface area contributed by atoms with E-state index in [9.17, 15) is 9.59 Å². The Hall–Kier alpha value is -1.06. The van der Waals surface area contributed by atoms with Crippen LogP contribution in [0, 0.1) is 0 Å². The molecule has 0 aromatic rings. The first-order valence-corrected chi connectivity index (χ1v) is 5.03. The Morgan fingerprint density at radius 1 is 0.929 bits per heavy atom. The number of amides is 2. The molecular formula is C10H22N2O2. The van der Waals surface area contributed by atoms with Crippen molar-refractivity contribution >= 4 is 11.8 Å². The Bertz CT molecular complexity index is 142. The van der Waals surface area contributed by atoms with Crippen LogP contribution < -0.4 is 10.6 Å². The predicted molar refractivity (Wildman–Crippen MR) is 57.7 cm³/mol. The maximum Gasteiger partial charge on any atom is 0.218 e. The Kier molecular flexibility index (Phi) is 13.1. The van der Waals surface area contributed by atoms with Crippen LogP contribution in [0.5, 0.6) is 0 Å². The van der Waals surface area contributed by atoms with Gasteiger partial charge in [0.15, 0.2) is 0 Å². The van der Waals surface area contributed by atoms with Crippen molar-refractivity contribution in [3.63, 3.8) is 0 Å². The minimum absolute atomic E-state index is 0.149. The van der Waals surface area contributed by atoms with Gasteiger partial charge in [-0.3, -0.25) is 9.59 Å². The molecular weight excluding hydrogens is 180 g/mol. The Morgan fingerprint density at radius 3 is 1.43 bits per heavy atom. The largest absolute Gasteiger partial charge is 0.339 e. The molecule has 2 amide bonds. The molecule has 0 atom stereocenters. The van der Waals surface area contributed by atoms with Gasteiger partial charge in [-0.25, -0.2) is 0 Å². The van der Waals surface area contributed by atoms with Crippen molar-refractivity contribution in [2.45, 2.75) is 47.0 Å². The molecule has 0 unspecified atom stereocenters. The van der Waals surface area contributed by atoms with Gasteiger partial charge in [0.25, 0.3) is 0 Å². The monoisotopic (exact) mass is 202 g/mol. The van der Waals surface area contributed by atoms with Gasteiger partial charge in [0.1, 0.15) is 0 Å². The van der Waals surface area contributed by atoms with Gasteiger partial charge in [0.05, 0.1) is 6.67 Å². The minimum atomic E-state index is -0.149. The molecule has 0 saturated heterocycles. The van der Waals surface area contributed by atoms with Crippen molar-refractivity contribution in [2.75, 3.05) is 6.67 Å². The van der Waals surface area contributed by atoms with E-state index in [2.05, 4.69) is 24.5 Å². The van der Waals surface area contributed by atoms with Gasteiger partial charge in [-0.2, -0.15) is 0 Å². The van der Waals surface area contributed by atoms with Gasteiger partial charge < -0.3 is 10.6 Å². The van der Waals surface area contributed by atoms with Crippen LogP contribution in [0.4, 0.5) is 0 Å². The zero-order valence-electron chi connectivity index (χ0n) is 9.64. The highest BCUT2D eigenvalue weighted by atomic mass is 16.2. The predicted octanol–water partition coefficient (Wildman–Crippen LogP) is 1.41. The van der Waals surface area contributed by atoms with E-state index in [0.29, 0.717) is 0 Å². The van der Waals surface area contributed by atoms with Crippen molar-refractivity contribution in [1.82, 2.24) is 10.6 Å². The number of carbonyl (C=O) groups excluding carboxylic acids is 2. The van der Waals surface area contributed by atoms with E-state index < -0.39 is 0 Å². The molecule has 14 heavy (non-hydrogen) atoms. The maximum absolute atomic E-state index is 10.2. The van der Waals surface area contributed by atoms with Gasteiger partial charge in [-0.15, -0.1) is 0 Å². The lowest BCUT2D eigenvalue weighted by atomic mass is 10.3. The molecule has 0 bridgehead atoms. The van der Waals surface area contributed by atoms with E-state index in [1.54, 1.807) is 0 Å². The fourth-order valence-corrected chi connectivity index (χ4v) is 0.647. The number of hydrogen-bond donors (Lipinski definition) is 2. The molecule has 0 aliphatic carbocycles. The number of nitrogens with one attached hydrogen (secondary N) is 2. The maximum atomic E-state index is 10.2. The fourth-order valence-electron chi connectivity index (χ4n) is 0.647. The molecule has 0 aliphatic heterocycles. The Balaban J connectivity index is 0. The van der Waals surface area contributed by atoms with Gasteiger partial charge in [0.2, 0.25) is 11.8 Å². The van der Waals surface area contributed by atoms with Crippen molar-refractivity contribution in [3.05, 3.63) is 0 Å². The SMILES string of the molecule is CC(=O)NCNC(C)=O.CCCCC. The van der Waals surface area contributed by atoms with Gasteiger partial charge in [0, 0.05) is 13.8 Å². The summed E-state index contributed by atoms with van der Waals surface area (Å²) in [5.41, 5.74) is 0. The van der Waals surface area contributed by atoms with E-state index in [1.807, 2.05) is 0 Å². The normalized spacial score (nSPS) is 8.29. The molecule has 0 radical (unpaired) electrons. The second-order valence-corrected chi connectivity index (χ2v) is 3.00. The van der Waals surface area contributed by atoms with Crippen molar-refractivity contribution in [3.8, 4) is 0 Å². The minimum Gasteiger partial charge on any atom is -0.339 e. The standard InChI is InChI=1S/C5H10N2O2.C5H12/c1-4(8)6-3-7-5(2)9;1-3-5-4-2/h3H2,1-2H3,(H,6,8)(H,7,9);3-5H2,1-2H3. The van der Waals surface area contributed by atoms with Crippen molar-refractivity contribution < 1.29 is 9.59 Å². The first-order valence-electron chi connectivity index (χ1n) is 5.03. The molecule has 0 aromatic heterocycles. The van der Waals surface area contributed by atoms with Crippen molar-refractivity contribution in [1.29, 1.82) is 0 Å². The number of rotatable bonds is 4. The Morgan fingerprint density at radius 2 is 1.29 bits per heavy atom. The van der Waals surface area contributed by atoms with E-state index in [1.165, 1.54) is 33.1 Å². The summed E-state index contributed by atoms with van der Waals surface area (Å²) < 4.78 is 0. The summed E-state index contributed by atoms with van der Waals surface area (Å²) in [6.45, 7) is 7.42. The smallest absolute Gasteiger partial charge is 0.218 e. The van der Waals surface area contributed by atoms with Crippen LogP contribution in [0.25, 0.3) is 0 Å². The first-order chi connectivity index (χ1) is 6.54. The van der Waals surface area contributed by atoms with Crippen LogP contribution in [0.2, 0.25) is 0 Å². The number of hydrogen-bond acceptors (Lipinski definition) is 2. The molecule has 2 N–H and O–H groups in total. The van der Waals surface area contributed by atoms with Crippen molar-refractivity contribution in [2.24, 2.45) is 0 Å². The summed E-state index contributed by atoms with van der Waals surface area (Å²) in [6, 6.07) is 0. The molecule has 0 aromatic carbocycles. The average molecular weight is 202 g/mol. The van der Waals surface area contributed by atoms with E-state index in [0.717, 1.165) is 0 Å². The van der Waals surface area contributed by atoms with Gasteiger partial charge in [-0.1, -0.05) is 33.1 Å². The molecule has 84 valence electrons.